The normalized spacial score (nSPS) is 11.2. The van der Waals surface area contributed by atoms with E-state index >= 15 is 0 Å². The molecule has 1 N–H and O–H groups in total. The van der Waals surface area contributed by atoms with Crippen LogP contribution in [-0.2, 0) is 4.79 Å². The molecule has 0 atom stereocenters. The second-order valence-corrected chi connectivity index (χ2v) is 7.61. The summed E-state index contributed by atoms with van der Waals surface area (Å²) in [6.45, 7) is 0.603. The summed E-state index contributed by atoms with van der Waals surface area (Å²) in [4.78, 5) is 29.7. The van der Waals surface area contributed by atoms with Gasteiger partial charge in [-0.05, 0) is 36.8 Å². The molecule has 2 aromatic heterocycles. The van der Waals surface area contributed by atoms with Gasteiger partial charge in [-0.3, -0.25) is 4.79 Å². The Bertz CT molecular complexity index is 1200. The van der Waals surface area contributed by atoms with Crippen molar-refractivity contribution in [3.8, 4) is 10.6 Å². The first-order chi connectivity index (χ1) is 13.5. The highest BCUT2D eigenvalue weighted by Crippen LogP contribution is 2.30. The molecular formula is C21H18N2O4S. The van der Waals surface area contributed by atoms with E-state index in [0.717, 1.165) is 21.3 Å². The number of fused-ring (bicyclic) bond motifs is 2. The number of aliphatic carboxylic acids is 1. The topological polar surface area (TPSA) is 83.6 Å². The third kappa shape index (κ3) is 3.61. The number of carbonyl (C=O) groups is 1. The average Bonchev–Trinajstić information content (AvgIpc) is 3.10. The van der Waals surface area contributed by atoms with Crippen molar-refractivity contribution in [1.82, 2.24) is 4.98 Å². The molecule has 0 saturated carbocycles. The number of nitrogens with zero attached hydrogens (tertiary/aromatic N) is 2. The van der Waals surface area contributed by atoms with E-state index in [4.69, 9.17) is 9.52 Å². The Labute approximate surface area is 164 Å². The molecule has 0 fully saturated rings. The smallest absolute Gasteiger partial charge is 0.346 e. The van der Waals surface area contributed by atoms with Crippen LogP contribution in [0, 0.1) is 0 Å². The number of hydrogen-bond donors (Lipinski definition) is 1. The van der Waals surface area contributed by atoms with Crippen molar-refractivity contribution in [2.24, 2.45) is 0 Å². The van der Waals surface area contributed by atoms with Crippen LogP contribution >= 0.6 is 11.3 Å². The molecule has 0 saturated heterocycles. The van der Waals surface area contributed by atoms with Crippen LogP contribution in [0.1, 0.15) is 12.8 Å². The standard InChI is InChI=1S/C21H18N2O4S/c1-23(10-4-7-19(24)25)14-9-8-13-11-15(21(26)27-17(13)12-14)20-22-16-5-2-3-6-18(16)28-20/h2-3,5-6,8-9,11-12H,4,7,10H2,1H3,(H,24,25). The molecule has 28 heavy (non-hydrogen) atoms. The number of aromatic nitrogens is 1. The SMILES string of the molecule is CN(CCCC(=O)O)c1ccc2cc(-c3nc4ccccc4s3)c(=O)oc2c1. The van der Waals surface area contributed by atoms with E-state index in [1.54, 1.807) is 6.07 Å². The van der Waals surface area contributed by atoms with Crippen LogP contribution in [0.2, 0.25) is 0 Å². The Morgan fingerprint density at radius 2 is 2.04 bits per heavy atom. The van der Waals surface area contributed by atoms with Crippen molar-refractivity contribution in [3.63, 3.8) is 0 Å². The van der Waals surface area contributed by atoms with Crippen molar-refractivity contribution in [1.29, 1.82) is 0 Å². The van der Waals surface area contributed by atoms with E-state index in [0.29, 0.717) is 29.1 Å². The third-order valence-electron chi connectivity index (χ3n) is 4.57. The van der Waals surface area contributed by atoms with Crippen LogP contribution in [0.3, 0.4) is 0 Å². The Balaban J connectivity index is 1.66. The number of hydrogen-bond acceptors (Lipinski definition) is 6. The summed E-state index contributed by atoms with van der Waals surface area (Å²) in [6, 6.07) is 15.2. The van der Waals surface area contributed by atoms with Crippen LogP contribution in [-0.4, -0.2) is 29.7 Å². The van der Waals surface area contributed by atoms with E-state index in [2.05, 4.69) is 4.98 Å². The van der Waals surface area contributed by atoms with Gasteiger partial charge in [0.05, 0.1) is 15.8 Å². The molecule has 0 bridgehead atoms. The van der Waals surface area contributed by atoms with Gasteiger partial charge in [0.15, 0.2) is 0 Å². The summed E-state index contributed by atoms with van der Waals surface area (Å²) in [7, 11) is 1.89. The zero-order valence-corrected chi connectivity index (χ0v) is 16.0. The molecule has 2 heterocycles. The first kappa shape index (κ1) is 18.2. The number of rotatable bonds is 6. The highest BCUT2D eigenvalue weighted by Gasteiger charge is 2.13. The monoisotopic (exact) mass is 394 g/mol. The fourth-order valence-electron chi connectivity index (χ4n) is 3.07. The maximum absolute atomic E-state index is 12.6. The largest absolute Gasteiger partial charge is 0.481 e. The van der Waals surface area contributed by atoms with E-state index < -0.39 is 11.6 Å². The number of anilines is 1. The molecule has 0 unspecified atom stereocenters. The van der Waals surface area contributed by atoms with Crippen molar-refractivity contribution < 1.29 is 14.3 Å². The lowest BCUT2D eigenvalue weighted by Gasteiger charge is -2.19. The quantitative estimate of drug-likeness (QED) is 0.489. The summed E-state index contributed by atoms with van der Waals surface area (Å²) in [6.07, 6.45) is 0.670. The van der Waals surface area contributed by atoms with Gasteiger partial charge < -0.3 is 14.4 Å². The first-order valence-corrected chi connectivity index (χ1v) is 9.70. The molecule has 7 heteroatoms. The van der Waals surface area contributed by atoms with Crippen molar-refractivity contribution >= 4 is 44.2 Å². The fraction of sp³-hybridized carbons (Fsp3) is 0.190. The molecule has 0 spiro atoms. The first-order valence-electron chi connectivity index (χ1n) is 8.88. The van der Waals surface area contributed by atoms with Crippen molar-refractivity contribution in [2.75, 3.05) is 18.5 Å². The van der Waals surface area contributed by atoms with Crippen LogP contribution in [0.15, 0.2) is 57.7 Å². The van der Waals surface area contributed by atoms with E-state index in [1.165, 1.54) is 11.3 Å². The van der Waals surface area contributed by atoms with E-state index in [-0.39, 0.29) is 6.42 Å². The maximum atomic E-state index is 12.6. The number of benzene rings is 2. The molecule has 4 aromatic rings. The zero-order chi connectivity index (χ0) is 19.7. The van der Waals surface area contributed by atoms with Gasteiger partial charge in [-0.1, -0.05) is 12.1 Å². The molecule has 142 valence electrons. The predicted molar refractivity (Wildman–Crippen MR) is 111 cm³/mol. The van der Waals surface area contributed by atoms with Crippen LogP contribution in [0.5, 0.6) is 0 Å². The van der Waals surface area contributed by atoms with Gasteiger partial charge >= 0.3 is 11.6 Å². The lowest BCUT2D eigenvalue weighted by atomic mass is 10.1. The minimum absolute atomic E-state index is 0.124. The molecule has 2 aromatic carbocycles. The molecule has 6 nitrogen and oxygen atoms in total. The van der Waals surface area contributed by atoms with Crippen molar-refractivity contribution in [3.05, 3.63) is 59.0 Å². The Kier molecular flexibility index (Phi) is 4.83. The second-order valence-electron chi connectivity index (χ2n) is 6.58. The van der Waals surface area contributed by atoms with Crippen LogP contribution in [0.4, 0.5) is 5.69 Å². The molecule has 0 aliphatic heterocycles. The van der Waals surface area contributed by atoms with Crippen molar-refractivity contribution in [2.45, 2.75) is 12.8 Å². The maximum Gasteiger partial charge on any atom is 0.346 e. The summed E-state index contributed by atoms with van der Waals surface area (Å²) in [5, 5.41) is 10.2. The molecular weight excluding hydrogens is 376 g/mol. The average molecular weight is 394 g/mol. The minimum atomic E-state index is -0.805. The van der Waals surface area contributed by atoms with Gasteiger partial charge in [0.1, 0.15) is 10.6 Å². The summed E-state index contributed by atoms with van der Waals surface area (Å²) in [5.41, 5.74) is 2.26. The van der Waals surface area contributed by atoms with Gasteiger partial charge in [0, 0.05) is 37.2 Å². The van der Waals surface area contributed by atoms with Gasteiger partial charge in [-0.15, -0.1) is 11.3 Å². The van der Waals surface area contributed by atoms with Crippen LogP contribution in [0.25, 0.3) is 31.8 Å². The van der Waals surface area contributed by atoms with Crippen LogP contribution < -0.4 is 10.5 Å². The number of carboxylic acid groups (broad SMARTS) is 1. The Morgan fingerprint density at radius 3 is 2.82 bits per heavy atom. The zero-order valence-electron chi connectivity index (χ0n) is 15.2. The highest BCUT2D eigenvalue weighted by atomic mass is 32.1. The molecule has 0 radical (unpaired) electrons. The fourth-order valence-corrected chi connectivity index (χ4v) is 4.04. The second kappa shape index (κ2) is 7.44. The van der Waals surface area contributed by atoms with E-state index in [1.807, 2.05) is 54.4 Å². The number of carboxylic acids is 1. The third-order valence-corrected chi connectivity index (χ3v) is 5.64. The van der Waals surface area contributed by atoms with Gasteiger partial charge in [-0.25, -0.2) is 9.78 Å². The van der Waals surface area contributed by atoms with E-state index in [9.17, 15) is 9.59 Å². The molecule has 0 amide bonds. The number of para-hydroxylation sites is 1. The lowest BCUT2D eigenvalue weighted by molar-refractivity contribution is -0.137. The highest BCUT2D eigenvalue weighted by molar-refractivity contribution is 7.21. The predicted octanol–water partition coefficient (Wildman–Crippen LogP) is 4.37. The molecule has 4 rings (SSSR count). The lowest BCUT2D eigenvalue weighted by Crippen LogP contribution is -2.19. The minimum Gasteiger partial charge on any atom is -0.481 e. The van der Waals surface area contributed by atoms with Gasteiger partial charge in [-0.2, -0.15) is 0 Å². The number of thiazole rings is 1. The molecule has 0 aliphatic rings. The van der Waals surface area contributed by atoms with Gasteiger partial charge in [0.2, 0.25) is 0 Å². The Morgan fingerprint density at radius 1 is 1.21 bits per heavy atom. The Hall–Kier alpha value is -3.19. The van der Waals surface area contributed by atoms with Gasteiger partial charge in [0.25, 0.3) is 0 Å². The summed E-state index contributed by atoms with van der Waals surface area (Å²) >= 11 is 1.47. The summed E-state index contributed by atoms with van der Waals surface area (Å²) in [5.74, 6) is -0.805. The summed E-state index contributed by atoms with van der Waals surface area (Å²) < 4.78 is 6.59. The molecule has 0 aliphatic carbocycles.